The van der Waals surface area contributed by atoms with E-state index in [4.69, 9.17) is 9.47 Å². The summed E-state index contributed by atoms with van der Waals surface area (Å²) in [6.07, 6.45) is 1.90. The summed E-state index contributed by atoms with van der Waals surface area (Å²) in [4.78, 5) is 24.0. The van der Waals surface area contributed by atoms with Crippen LogP contribution in [0, 0.1) is 0 Å². The Balaban J connectivity index is 2.36. The summed E-state index contributed by atoms with van der Waals surface area (Å²) >= 11 is 0. The third-order valence-electron chi connectivity index (χ3n) is 4.04. The van der Waals surface area contributed by atoms with E-state index in [1.807, 2.05) is 0 Å². The van der Waals surface area contributed by atoms with Crippen LogP contribution in [0.1, 0.15) is 26.2 Å². The van der Waals surface area contributed by atoms with Crippen LogP contribution in [0.5, 0.6) is 0 Å². The molecule has 2 heterocycles. The van der Waals surface area contributed by atoms with Gasteiger partial charge in [0.2, 0.25) is 0 Å². The Kier molecular flexibility index (Phi) is 3.80. The maximum Gasteiger partial charge on any atom is 0.396 e. The molecule has 2 atom stereocenters. The summed E-state index contributed by atoms with van der Waals surface area (Å²) in [5.74, 6) is -0.795. The highest BCUT2D eigenvalue weighted by atomic mass is 16.5. The molecule has 106 valence electrons. The number of rotatable bonds is 3. The van der Waals surface area contributed by atoms with Gasteiger partial charge in [0, 0.05) is 12.8 Å². The van der Waals surface area contributed by atoms with Gasteiger partial charge >= 0.3 is 11.9 Å². The number of aliphatic hydroxyl groups is 1. The van der Waals surface area contributed by atoms with Gasteiger partial charge in [-0.2, -0.15) is 0 Å². The molecule has 2 aliphatic rings. The van der Waals surface area contributed by atoms with Crippen molar-refractivity contribution in [1.82, 2.24) is 0 Å². The van der Waals surface area contributed by atoms with Crippen LogP contribution in [-0.2, 0) is 19.1 Å². The Morgan fingerprint density at radius 3 is 2.79 bits per heavy atom. The Morgan fingerprint density at radius 2 is 2.16 bits per heavy atom. The number of nitrogens with zero attached hydrogens (tertiary/aromatic N) is 1. The minimum absolute atomic E-state index is 0.0502. The second-order valence-corrected chi connectivity index (χ2v) is 4.93. The molecule has 0 bridgehead atoms. The second-order valence-electron chi connectivity index (χ2n) is 4.93. The molecular formula is C13H20NO5+. The molecule has 0 aromatic heterocycles. The van der Waals surface area contributed by atoms with Gasteiger partial charge in [0.05, 0.1) is 33.2 Å². The Hall–Kier alpha value is -1.56. The second kappa shape index (κ2) is 5.21. The zero-order valence-electron chi connectivity index (χ0n) is 11.3. The van der Waals surface area contributed by atoms with Crippen LogP contribution < -0.4 is 0 Å². The Bertz CT molecular complexity index is 431. The number of ether oxygens (including phenoxy) is 2. The highest BCUT2D eigenvalue weighted by molar-refractivity contribution is 5.88. The fourth-order valence-electron chi connectivity index (χ4n) is 3.25. The monoisotopic (exact) mass is 270 g/mol. The fraction of sp³-hybridized carbons (Fsp3) is 0.692. The lowest BCUT2D eigenvalue weighted by Gasteiger charge is -2.34. The largest absolute Gasteiger partial charge is 0.506 e. The van der Waals surface area contributed by atoms with E-state index in [0.29, 0.717) is 25.9 Å². The molecule has 0 amide bonds. The van der Waals surface area contributed by atoms with Crippen molar-refractivity contribution in [2.75, 3.05) is 26.8 Å². The predicted octanol–water partition coefficient (Wildman–Crippen LogP) is 0.875. The van der Waals surface area contributed by atoms with Gasteiger partial charge in [0.1, 0.15) is 0 Å². The van der Waals surface area contributed by atoms with Crippen molar-refractivity contribution in [3.63, 3.8) is 0 Å². The molecule has 19 heavy (non-hydrogen) atoms. The topological polar surface area (TPSA) is 72.8 Å². The van der Waals surface area contributed by atoms with Gasteiger partial charge in [-0.25, -0.2) is 9.59 Å². The first-order valence-corrected chi connectivity index (χ1v) is 6.61. The number of carbonyl (C=O) groups is 2. The Morgan fingerprint density at radius 1 is 1.42 bits per heavy atom. The highest BCUT2D eigenvalue weighted by Gasteiger charge is 2.56. The van der Waals surface area contributed by atoms with E-state index < -0.39 is 12.0 Å². The van der Waals surface area contributed by atoms with Gasteiger partial charge < -0.3 is 14.6 Å². The normalized spacial score (nSPS) is 29.9. The van der Waals surface area contributed by atoms with E-state index in [0.717, 1.165) is 6.42 Å². The summed E-state index contributed by atoms with van der Waals surface area (Å²) < 4.78 is 10.0. The van der Waals surface area contributed by atoms with Crippen molar-refractivity contribution < 1.29 is 28.7 Å². The van der Waals surface area contributed by atoms with Gasteiger partial charge in [-0.3, -0.25) is 4.48 Å². The van der Waals surface area contributed by atoms with Crippen LogP contribution in [0.3, 0.4) is 0 Å². The predicted molar refractivity (Wildman–Crippen MR) is 65.9 cm³/mol. The number of quaternary nitrogens is 1. The molecule has 1 saturated heterocycles. The zero-order chi connectivity index (χ0) is 14.0. The van der Waals surface area contributed by atoms with Gasteiger partial charge in [-0.15, -0.1) is 0 Å². The standard InChI is InChI=1S/C13H19NO5/c1-3-19-13(17)11-10(15)6-8-14(11)7-4-5-9(14)12(16)18-2/h9H,3-8H2,1-2H3/p+1/t9-,14-/m0/s1. The summed E-state index contributed by atoms with van der Waals surface area (Å²) in [6.45, 7) is 3.19. The van der Waals surface area contributed by atoms with Crippen LogP contribution >= 0.6 is 0 Å². The first-order chi connectivity index (χ1) is 9.06. The number of hydrogen-bond acceptors (Lipinski definition) is 5. The average Bonchev–Trinajstić information content (AvgIpc) is 2.94. The van der Waals surface area contributed by atoms with Crippen LogP contribution in [0.2, 0.25) is 0 Å². The maximum absolute atomic E-state index is 12.1. The highest BCUT2D eigenvalue weighted by Crippen LogP contribution is 2.40. The third kappa shape index (κ3) is 2.10. The lowest BCUT2D eigenvalue weighted by atomic mass is 10.2. The molecule has 0 aromatic carbocycles. The minimum atomic E-state index is -0.520. The SMILES string of the molecule is CCOC(=O)C1=C(O)CC[N@+]12CCC[C@H]2C(=O)OC. The van der Waals surface area contributed by atoms with Crippen molar-refractivity contribution in [1.29, 1.82) is 0 Å². The van der Waals surface area contributed by atoms with E-state index in [9.17, 15) is 14.7 Å². The molecule has 0 unspecified atom stereocenters. The van der Waals surface area contributed by atoms with Gasteiger partial charge in [0.25, 0.3) is 5.70 Å². The molecule has 6 nitrogen and oxygen atoms in total. The van der Waals surface area contributed by atoms with Crippen LogP contribution in [-0.4, -0.2) is 54.4 Å². The molecule has 1 fully saturated rings. The van der Waals surface area contributed by atoms with Crippen molar-refractivity contribution in [3.05, 3.63) is 11.5 Å². The first kappa shape index (κ1) is 13.9. The van der Waals surface area contributed by atoms with E-state index in [2.05, 4.69) is 0 Å². The van der Waals surface area contributed by atoms with E-state index in [-0.39, 0.29) is 28.5 Å². The van der Waals surface area contributed by atoms with Crippen LogP contribution in [0.25, 0.3) is 0 Å². The van der Waals surface area contributed by atoms with Crippen LogP contribution in [0.4, 0.5) is 0 Å². The molecule has 2 aliphatic heterocycles. The average molecular weight is 270 g/mol. The molecule has 0 aliphatic carbocycles. The van der Waals surface area contributed by atoms with Crippen molar-refractivity contribution in [3.8, 4) is 0 Å². The fourth-order valence-corrected chi connectivity index (χ4v) is 3.25. The lowest BCUT2D eigenvalue weighted by Crippen LogP contribution is -2.54. The molecule has 0 aromatic rings. The number of methoxy groups -OCH3 is 1. The van der Waals surface area contributed by atoms with Crippen molar-refractivity contribution in [2.24, 2.45) is 0 Å². The lowest BCUT2D eigenvalue weighted by molar-refractivity contribution is -0.886. The quantitative estimate of drug-likeness (QED) is 0.608. The maximum atomic E-state index is 12.1. The Labute approximate surface area is 112 Å². The van der Waals surface area contributed by atoms with E-state index in [1.165, 1.54) is 7.11 Å². The number of hydrogen-bond donors (Lipinski definition) is 1. The molecule has 6 heteroatoms. The van der Waals surface area contributed by atoms with E-state index in [1.54, 1.807) is 6.92 Å². The first-order valence-electron chi connectivity index (χ1n) is 6.61. The molecule has 0 radical (unpaired) electrons. The third-order valence-corrected chi connectivity index (χ3v) is 4.04. The molecule has 0 saturated carbocycles. The van der Waals surface area contributed by atoms with Crippen molar-refractivity contribution >= 4 is 11.9 Å². The summed E-state index contributed by atoms with van der Waals surface area (Å²) in [5.41, 5.74) is 0.245. The summed E-state index contributed by atoms with van der Waals surface area (Å²) in [5, 5.41) is 9.99. The molecule has 1 N–H and O–H groups in total. The van der Waals surface area contributed by atoms with Gasteiger partial charge in [-0.05, 0) is 6.92 Å². The molecule has 1 spiro atoms. The zero-order valence-corrected chi connectivity index (χ0v) is 11.3. The molecule has 2 rings (SSSR count). The molecular weight excluding hydrogens is 250 g/mol. The van der Waals surface area contributed by atoms with E-state index >= 15 is 0 Å². The number of aliphatic hydroxyl groups excluding tert-OH is 1. The summed E-state index contributed by atoms with van der Waals surface area (Å²) in [6, 6.07) is -0.408. The summed E-state index contributed by atoms with van der Waals surface area (Å²) in [7, 11) is 1.35. The van der Waals surface area contributed by atoms with Crippen molar-refractivity contribution in [2.45, 2.75) is 32.2 Å². The smallest absolute Gasteiger partial charge is 0.396 e. The number of esters is 2. The number of carbonyl (C=O) groups excluding carboxylic acids is 2. The minimum Gasteiger partial charge on any atom is -0.506 e. The van der Waals surface area contributed by atoms with Gasteiger partial charge in [-0.1, -0.05) is 0 Å². The van der Waals surface area contributed by atoms with Gasteiger partial charge in [0.15, 0.2) is 11.8 Å². The van der Waals surface area contributed by atoms with Crippen LogP contribution in [0.15, 0.2) is 11.5 Å².